The Morgan fingerprint density at radius 2 is 1.54 bits per heavy atom. The fraction of sp³-hybridized carbons (Fsp3) is 0.296. The molecule has 8 nitrogen and oxygen atoms in total. The molecule has 1 amide bonds. The number of para-hydroxylation sites is 1. The summed E-state index contributed by atoms with van der Waals surface area (Å²) in [6, 6.07) is 20.4. The first-order valence-electron chi connectivity index (χ1n) is 11.9. The van der Waals surface area contributed by atoms with E-state index in [4.69, 9.17) is 4.74 Å². The summed E-state index contributed by atoms with van der Waals surface area (Å²) in [6.45, 7) is 2.55. The van der Waals surface area contributed by atoms with Gasteiger partial charge in [-0.1, -0.05) is 24.3 Å². The van der Waals surface area contributed by atoms with Crippen LogP contribution in [0.2, 0.25) is 0 Å². The van der Waals surface area contributed by atoms with E-state index in [0.717, 1.165) is 33.1 Å². The monoisotopic (exact) mass is 526 g/mol. The smallest absolute Gasteiger partial charge is 0.303 e. The molecular weight excluding hydrogens is 495 g/mol. The summed E-state index contributed by atoms with van der Waals surface area (Å²) < 4.78 is 47.7. The Kier molecular flexibility index (Phi) is 7.99. The van der Waals surface area contributed by atoms with Gasteiger partial charge in [0.25, 0.3) is 5.91 Å². The number of rotatable bonds is 8. The zero-order chi connectivity index (χ0) is 26.6. The fourth-order valence-electron chi connectivity index (χ4n) is 4.20. The van der Waals surface area contributed by atoms with E-state index in [1.54, 1.807) is 37.4 Å². The van der Waals surface area contributed by atoms with Gasteiger partial charge >= 0.3 is 10.2 Å². The second-order valence-electron chi connectivity index (χ2n) is 8.92. The summed E-state index contributed by atoms with van der Waals surface area (Å²) in [5, 5.41) is 0. The van der Waals surface area contributed by atoms with E-state index in [1.807, 2.05) is 29.2 Å². The van der Waals surface area contributed by atoms with Crippen LogP contribution in [-0.4, -0.2) is 70.9 Å². The summed E-state index contributed by atoms with van der Waals surface area (Å²) >= 11 is 0. The Morgan fingerprint density at radius 3 is 2.11 bits per heavy atom. The highest BCUT2D eigenvalue weighted by molar-refractivity contribution is 7.90. The van der Waals surface area contributed by atoms with E-state index in [9.17, 15) is 17.6 Å². The number of carbonyl (C=O) groups is 1. The Morgan fingerprint density at radius 1 is 0.919 bits per heavy atom. The summed E-state index contributed by atoms with van der Waals surface area (Å²) in [5.41, 5.74) is 2.21. The van der Waals surface area contributed by atoms with Crippen LogP contribution in [0.25, 0.3) is 0 Å². The van der Waals surface area contributed by atoms with Crippen LogP contribution in [0.1, 0.15) is 15.9 Å². The van der Waals surface area contributed by atoms with Crippen LogP contribution in [0.4, 0.5) is 15.8 Å². The normalized spacial score (nSPS) is 14.1. The largest absolute Gasteiger partial charge is 0.497 e. The van der Waals surface area contributed by atoms with Gasteiger partial charge in [0.05, 0.1) is 19.3 Å². The van der Waals surface area contributed by atoms with Crippen LogP contribution in [0.3, 0.4) is 0 Å². The minimum absolute atomic E-state index is 0.0360. The van der Waals surface area contributed by atoms with Crippen molar-refractivity contribution >= 4 is 27.5 Å². The van der Waals surface area contributed by atoms with Crippen LogP contribution >= 0.6 is 0 Å². The Balaban J connectivity index is 1.43. The van der Waals surface area contributed by atoms with Crippen molar-refractivity contribution in [1.82, 2.24) is 9.21 Å². The molecule has 10 heteroatoms. The topological polar surface area (TPSA) is 73.4 Å². The number of methoxy groups -OCH3 is 1. The Hall–Kier alpha value is -3.63. The van der Waals surface area contributed by atoms with E-state index in [1.165, 1.54) is 32.3 Å². The highest BCUT2D eigenvalue weighted by Crippen LogP contribution is 2.26. The third kappa shape index (κ3) is 5.86. The summed E-state index contributed by atoms with van der Waals surface area (Å²) in [6.07, 6.45) is 0. The van der Waals surface area contributed by atoms with Crippen molar-refractivity contribution in [3.8, 4) is 5.75 Å². The second-order valence-corrected chi connectivity index (χ2v) is 11.0. The maximum absolute atomic E-state index is 14.5. The predicted molar refractivity (Wildman–Crippen MR) is 143 cm³/mol. The zero-order valence-corrected chi connectivity index (χ0v) is 22.0. The number of benzene rings is 3. The minimum atomic E-state index is -3.95. The molecule has 1 fully saturated rings. The number of hydrogen-bond donors (Lipinski definition) is 0. The third-order valence-electron chi connectivity index (χ3n) is 6.39. The van der Waals surface area contributed by atoms with Gasteiger partial charge in [-0.2, -0.15) is 12.7 Å². The number of carbonyl (C=O) groups excluding carboxylic acids is 1. The highest BCUT2D eigenvalue weighted by atomic mass is 32.2. The van der Waals surface area contributed by atoms with Crippen molar-refractivity contribution in [2.24, 2.45) is 0 Å². The third-order valence-corrected chi connectivity index (χ3v) is 8.20. The van der Waals surface area contributed by atoms with Crippen molar-refractivity contribution in [2.75, 3.05) is 56.6 Å². The molecular formula is C27H31FN4O4S. The molecule has 3 aromatic rings. The van der Waals surface area contributed by atoms with Crippen LogP contribution in [-0.2, 0) is 16.8 Å². The van der Waals surface area contributed by atoms with Crippen LogP contribution in [0.15, 0.2) is 72.8 Å². The Labute approximate surface area is 217 Å². The first kappa shape index (κ1) is 26.4. The molecule has 4 rings (SSSR count). The quantitative estimate of drug-likeness (QED) is 0.449. The van der Waals surface area contributed by atoms with E-state index >= 15 is 0 Å². The number of anilines is 2. The predicted octanol–water partition coefficient (Wildman–Crippen LogP) is 3.61. The standard InChI is InChI=1S/C27H31FN4O4S/c1-29(2)37(34,35)32(26-7-5-4-6-25(26)28)20-21-8-10-22(11-9-21)27(33)31-18-16-30(17-19-31)23-12-14-24(36-3)15-13-23/h4-15H,16-20H2,1-3H3. The van der Waals surface area contributed by atoms with Crippen LogP contribution in [0, 0.1) is 5.82 Å². The molecule has 0 unspecified atom stereocenters. The van der Waals surface area contributed by atoms with Gasteiger partial charge < -0.3 is 14.5 Å². The van der Waals surface area contributed by atoms with Gasteiger partial charge in [0.15, 0.2) is 0 Å². The Bertz CT molecular complexity index is 1320. The van der Waals surface area contributed by atoms with E-state index in [-0.39, 0.29) is 18.1 Å². The molecule has 1 heterocycles. The van der Waals surface area contributed by atoms with Gasteiger partial charge in [-0.3, -0.25) is 9.10 Å². The SMILES string of the molecule is COc1ccc(N2CCN(C(=O)c3ccc(CN(c4ccccc4F)S(=O)(=O)N(C)C)cc3)CC2)cc1. The molecule has 0 atom stereocenters. The number of piperazine rings is 1. The molecule has 196 valence electrons. The summed E-state index contributed by atoms with van der Waals surface area (Å²) in [4.78, 5) is 17.2. The molecule has 1 aliphatic heterocycles. The van der Waals surface area contributed by atoms with E-state index < -0.39 is 16.0 Å². The van der Waals surface area contributed by atoms with E-state index in [2.05, 4.69) is 4.90 Å². The first-order valence-corrected chi connectivity index (χ1v) is 13.3. The molecule has 3 aromatic carbocycles. The second kappa shape index (κ2) is 11.2. The number of amides is 1. The molecule has 0 aromatic heterocycles. The maximum atomic E-state index is 14.5. The van der Waals surface area contributed by atoms with Crippen molar-refractivity contribution < 1.29 is 22.3 Å². The van der Waals surface area contributed by atoms with Crippen molar-refractivity contribution in [1.29, 1.82) is 0 Å². The fourth-order valence-corrected chi connectivity index (χ4v) is 5.31. The van der Waals surface area contributed by atoms with E-state index in [0.29, 0.717) is 24.2 Å². The zero-order valence-electron chi connectivity index (χ0n) is 21.2. The van der Waals surface area contributed by atoms with Gasteiger partial charge in [0.1, 0.15) is 11.6 Å². The molecule has 1 aliphatic rings. The lowest BCUT2D eigenvalue weighted by molar-refractivity contribution is 0.0746. The lowest BCUT2D eigenvalue weighted by Crippen LogP contribution is -2.48. The van der Waals surface area contributed by atoms with Gasteiger partial charge in [-0.25, -0.2) is 4.39 Å². The first-order chi connectivity index (χ1) is 17.7. The van der Waals surface area contributed by atoms with Crippen LogP contribution < -0.4 is 13.9 Å². The number of hydrogen-bond acceptors (Lipinski definition) is 5. The molecule has 1 saturated heterocycles. The molecule has 0 bridgehead atoms. The molecule has 0 spiro atoms. The van der Waals surface area contributed by atoms with Gasteiger partial charge in [0, 0.05) is 51.5 Å². The van der Waals surface area contributed by atoms with Gasteiger partial charge in [0.2, 0.25) is 0 Å². The molecule has 0 radical (unpaired) electrons. The molecule has 37 heavy (non-hydrogen) atoms. The number of nitrogens with zero attached hydrogens (tertiary/aromatic N) is 4. The van der Waals surface area contributed by atoms with Crippen molar-refractivity contribution in [2.45, 2.75) is 6.54 Å². The maximum Gasteiger partial charge on any atom is 0.303 e. The minimum Gasteiger partial charge on any atom is -0.497 e. The summed E-state index contributed by atoms with van der Waals surface area (Å²) in [5.74, 6) is 0.0960. The molecule has 0 aliphatic carbocycles. The summed E-state index contributed by atoms with van der Waals surface area (Å²) in [7, 11) is 0.491. The molecule has 0 N–H and O–H groups in total. The average Bonchev–Trinajstić information content (AvgIpc) is 2.92. The number of halogens is 1. The molecule has 0 saturated carbocycles. The van der Waals surface area contributed by atoms with Gasteiger partial charge in [-0.05, 0) is 54.1 Å². The van der Waals surface area contributed by atoms with Crippen LogP contribution in [0.5, 0.6) is 5.75 Å². The average molecular weight is 527 g/mol. The number of ether oxygens (including phenoxy) is 1. The lowest BCUT2D eigenvalue weighted by atomic mass is 10.1. The van der Waals surface area contributed by atoms with Crippen molar-refractivity contribution in [3.05, 3.63) is 89.7 Å². The lowest BCUT2D eigenvalue weighted by Gasteiger charge is -2.36. The van der Waals surface area contributed by atoms with Crippen molar-refractivity contribution in [3.63, 3.8) is 0 Å². The highest BCUT2D eigenvalue weighted by Gasteiger charge is 2.28. The van der Waals surface area contributed by atoms with Gasteiger partial charge in [-0.15, -0.1) is 0 Å².